The molecule has 0 bridgehead atoms. The predicted molar refractivity (Wildman–Crippen MR) is 102 cm³/mol. The molecule has 1 aromatic carbocycles. The molecule has 7 heteroatoms. The zero-order chi connectivity index (χ0) is 18.4. The van der Waals surface area contributed by atoms with Crippen LogP contribution in [0.25, 0.3) is 11.4 Å². The summed E-state index contributed by atoms with van der Waals surface area (Å²) in [6.07, 6.45) is 3.46. The summed E-state index contributed by atoms with van der Waals surface area (Å²) in [6.45, 7) is 5.30. The second-order valence-corrected chi connectivity index (χ2v) is 6.40. The Bertz CT molecular complexity index is 863. The van der Waals surface area contributed by atoms with Gasteiger partial charge in [0.15, 0.2) is 16.8 Å². The van der Waals surface area contributed by atoms with Gasteiger partial charge in [-0.2, -0.15) is 0 Å². The van der Waals surface area contributed by atoms with Gasteiger partial charge in [-0.3, -0.25) is 9.78 Å². The topological polar surface area (TPSA) is 69.9 Å². The number of hydrogen-bond donors (Lipinski definition) is 0. The van der Waals surface area contributed by atoms with Crippen molar-refractivity contribution in [1.82, 2.24) is 19.7 Å². The highest BCUT2D eigenvalue weighted by Gasteiger charge is 2.15. The van der Waals surface area contributed by atoms with Gasteiger partial charge in [-0.15, -0.1) is 10.2 Å². The van der Waals surface area contributed by atoms with Crippen molar-refractivity contribution >= 4 is 17.5 Å². The Kier molecular flexibility index (Phi) is 6.01. The fourth-order valence-corrected chi connectivity index (χ4v) is 3.41. The number of carbonyl (C=O) groups excluding carboxylic acids is 1. The molecule has 2 aromatic heterocycles. The number of rotatable bonds is 8. The van der Waals surface area contributed by atoms with Crippen molar-refractivity contribution in [3.05, 3.63) is 54.4 Å². The lowest BCUT2D eigenvalue weighted by Crippen LogP contribution is -2.05. The predicted octanol–water partition coefficient (Wildman–Crippen LogP) is 3.73. The highest BCUT2D eigenvalue weighted by Crippen LogP contribution is 2.24. The largest absolute Gasteiger partial charge is 0.494 e. The molecule has 2 heterocycles. The third-order valence-electron chi connectivity index (χ3n) is 3.79. The van der Waals surface area contributed by atoms with E-state index in [-0.39, 0.29) is 5.78 Å². The number of pyridine rings is 1. The van der Waals surface area contributed by atoms with Crippen LogP contribution >= 0.6 is 11.8 Å². The third kappa shape index (κ3) is 4.11. The molecule has 0 aliphatic heterocycles. The fraction of sp³-hybridized carbons (Fsp3) is 0.263. The average Bonchev–Trinajstić information content (AvgIpc) is 3.10. The molecule has 134 valence electrons. The number of nitrogens with zero attached hydrogens (tertiary/aromatic N) is 4. The van der Waals surface area contributed by atoms with Gasteiger partial charge in [0.2, 0.25) is 0 Å². The molecule has 0 saturated carbocycles. The molecule has 3 rings (SSSR count). The molecule has 6 nitrogen and oxygen atoms in total. The van der Waals surface area contributed by atoms with Crippen LogP contribution in [0.1, 0.15) is 24.2 Å². The first kappa shape index (κ1) is 18.1. The highest BCUT2D eigenvalue weighted by molar-refractivity contribution is 7.99. The first-order valence-corrected chi connectivity index (χ1v) is 9.44. The molecule has 3 aromatic rings. The maximum Gasteiger partial charge on any atom is 0.191 e. The van der Waals surface area contributed by atoms with Gasteiger partial charge in [-0.1, -0.05) is 11.8 Å². The SMILES string of the molecule is CCOc1ccc(C(=O)CSc2nnc(-c3ccncc3)n2CC)cc1. The van der Waals surface area contributed by atoms with Crippen LogP contribution in [0.3, 0.4) is 0 Å². The van der Waals surface area contributed by atoms with Crippen molar-refractivity contribution in [2.45, 2.75) is 25.5 Å². The van der Waals surface area contributed by atoms with E-state index in [1.165, 1.54) is 11.8 Å². The molecule has 0 aliphatic rings. The number of thioether (sulfide) groups is 1. The number of hydrogen-bond acceptors (Lipinski definition) is 6. The summed E-state index contributed by atoms with van der Waals surface area (Å²) >= 11 is 1.40. The van der Waals surface area contributed by atoms with Crippen LogP contribution < -0.4 is 4.74 Å². The van der Waals surface area contributed by atoms with Gasteiger partial charge in [0.25, 0.3) is 0 Å². The van der Waals surface area contributed by atoms with E-state index in [2.05, 4.69) is 15.2 Å². The Hall–Kier alpha value is -2.67. The average molecular weight is 368 g/mol. The van der Waals surface area contributed by atoms with Gasteiger partial charge in [0.1, 0.15) is 5.75 Å². The van der Waals surface area contributed by atoms with Crippen molar-refractivity contribution in [2.24, 2.45) is 0 Å². The van der Waals surface area contributed by atoms with E-state index in [1.54, 1.807) is 24.5 Å². The lowest BCUT2D eigenvalue weighted by atomic mass is 10.1. The maximum absolute atomic E-state index is 12.4. The Morgan fingerprint density at radius 1 is 1.08 bits per heavy atom. The first-order valence-electron chi connectivity index (χ1n) is 8.45. The van der Waals surface area contributed by atoms with Crippen LogP contribution in [-0.2, 0) is 6.54 Å². The zero-order valence-electron chi connectivity index (χ0n) is 14.8. The molecule has 0 fully saturated rings. The van der Waals surface area contributed by atoms with Gasteiger partial charge in [0, 0.05) is 30.1 Å². The van der Waals surface area contributed by atoms with E-state index in [4.69, 9.17) is 4.74 Å². The first-order chi connectivity index (χ1) is 12.7. The standard InChI is InChI=1S/C19H20N4O2S/c1-3-23-18(15-9-11-20-12-10-15)21-22-19(23)26-13-17(24)14-5-7-16(8-6-14)25-4-2/h5-12H,3-4,13H2,1-2H3. The minimum absolute atomic E-state index is 0.0502. The van der Waals surface area contributed by atoms with Crippen LogP contribution in [0, 0.1) is 0 Å². The van der Waals surface area contributed by atoms with Crippen molar-refractivity contribution in [3.8, 4) is 17.1 Å². The molecule has 0 amide bonds. The third-order valence-corrected chi connectivity index (χ3v) is 4.76. The normalized spacial score (nSPS) is 10.7. The van der Waals surface area contributed by atoms with E-state index in [1.807, 2.05) is 42.7 Å². The number of ketones is 1. The van der Waals surface area contributed by atoms with E-state index in [0.29, 0.717) is 17.9 Å². The summed E-state index contributed by atoms with van der Waals surface area (Å²) in [6, 6.07) is 11.0. The molecule has 0 spiro atoms. The van der Waals surface area contributed by atoms with Crippen LogP contribution in [-0.4, -0.2) is 37.9 Å². The molecule has 0 N–H and O–H groups in total. The van der Waals surface area contributed by atoms with Crippen molar-refractivity contribution in [2.75, 3.05) is 12.4 Å². The summed E-state index contributed by atoms with van der Waals surface area (Å²) in [7, 11) is 0. The summed E-state index contributed by atoms with van der Waals surface area (Å²) in [5.41, 5.74) is 1.62. The Morgan fingerprint density at radius 2 is 1.81 bits per heavy atom. The second-order valence-electron chi connectivity index (χ2n) is 5.46. The summed E-state index contributed by atoms with van der Waals surface area (Å²) in [5.74, 6) is 1.91. The van der Waals surface area contributed by atoms with E-state index >= 15 is 0 Å². The monoisotopic (exact) mass is 368 g/mol. The van der Waals surface area contributed by atoms with Crippen molar-refractivity contribution in [3.63, 3.8) is 0 Å². The molecule has 0 atom stereocenters. The van der Waals surface area contributed by atoms with E-state index < -0.39 is 0 Å². The van der Waals surface area contributed by atoms with Gasteiger partial charge in [-0.05, 0) is 50.2 Å². The quantitative estimate of drug-likeness (QED) is 0.446. The number of aromatic nitrogens is 4. The van der Waals surface area contributed by atoms with Gasteiger partial charge in [0.05, 0.1) is 12.4 Å². The molecular weight excluding hydrogens is 348 g/mol. The van der Waals surface area contributed by atoms with Gasteiger partial charge >= 0.3 is 0 Å². The van der Waals surface area contributed by atoms with Gasteiger partial charge in [-0.25, -0.2) is 0 Å². The summed E-state index contributed by atoms with van der Waals surface area (Å²) in [4.78, 5) is 16.5. The van der Waals surface area contributed by atoms with E-state index in [9.17, 15) is 4.79 Å². The minimum atomic E-state index is 0.0502. The molecule has 0 unspecified atom stereocenters. The van der Waals surface area contributed by atoms with Gasteiger partial charge < -0.3 is 9.30 Å². The lowest BCUT2D eigenvalue weighted by molar-refractivity contribution is 0.102. The van der Waals surface area contributed by atoms with Crippen LogP contribution in [0.2, 0.25) is 0 Å². The molecule has 0 radical (unpaired) electrons. The summed E-state index contributed by atoms with van der Waals surface area (Å²) < 4.78 is 7.41. The Balaban J connectivity index is 1.69. The maximum atomic E-state index is 12.4. The molecular formula is C19H20N4O2S. The number of benzene rings is 1. The lowest BCUT2D eigenvalue weighted by Gasteiger charge is -2.07. The number of carbonyl (C=O) groups is 1. The van der Waals surface area contributed by atoms with Crippen LogP contribution in [0.4, 0.5) is 0 Å². The van der Waals surface area contributed by atoms with Crippen molar-refractivity contribution in [1.29, 1.82) is 0 Å². The van der Waals surface area contributed by atoms with E-state index in [0.717, 1.165) is 28.8 Å². The Morgan fingerprint density at radius 3 is 2.46 bits per heavy atom. The van der Waals surface area contributed by atoms with Crippen molar-refractivity contribution < 1.29 is 9.53 Å². The van der Waals surface area contributed by atoms with Crippen LogP contribution in [0.15, 0.2) is 53.9 Å². The zero-order valence-corrected chi connectivity index (χ0v) is 15.6. The highest BCUT2D eigenvalue weighted by atomic mass is 32.2. The molecule has 26 heavy (non-hydrogen) atoms. The smallest absolute Gasteiger partial charge is 0.191 e. The molecule has 0 aliphatic carbocycles. The second kappa shape index (κ2) is 8.62. The fourth-order valence-electron chi connectivity index (χ4n) is 2.51. The van der Waals surface area contributed by atoms with Crippen LogP contribution in [0.5, 0.6) is 5.75 Å². The molecule has 0 saturated heterocycles. The number of ether oxygens (including phenoxy) is 1. The minimum Gasteiger partial charge on any atom is -0.494 e. The number of Topliss-reactive ketones (excluding diaryl/α,β-unsaturated/α-hetero) is 1. The summed E-state index contributed by atoms with van der Waals surface area (Å²) in [5, 5.41) is 9.26. The Labute approximate surface area is 156 Å².